The number of aromatic nitrogens is 4. The molecule has 0 spiro atoms. The molecule has 6 nitrogen and oxygen atoms in total. The Kier molecular flexibility index (Phi) is 8.95. The van der Waals surface area contributed by atoms with E-state index in [1.54, 1.807) is 0 Å². The topological polar surface area (TPSA) is 89.7 Å². The van der Waals surface area contributed by atoms with Gasteiger partial charge in [-0.3, -0.25) is 0 Å². The molecule has 0 saturated carbocycles. The maximum Gasteiger partial charge on any atom is 0.124 e. The van der Waals surface area contributed by atoms with Crippen LogP contribution in [0.4, 0.5) is 5.82 Å². The van der Waals surface area contributed by atoms with Crippen LogP contribution in [0.5, 0.6) is 5.75 Å². The number of nitrogen functional groups attached to an aromatic ring is 1. The van der Waals surface area contributed by atoms with Crippen molar-refractivity contribution in [2.75, 3.05) is 5.73 Å². The van der Waals surface area contributed by atoms with Gasteiger partial charge in [-0.1, -0.05) is 48.5 Å². The number of nitrogens with zero attached hydrogens (tertiary/aromatic N) is 3. The molecule has 1 atom stereocenters. The van der Waals surface area contributed by atoms with Gasteiger partial charge in [0.05, 0.1) is 6.33 Å². The Morgan fingerprint density at radius 1 is 0.929 bits per heavy atom. The average Bonchev–Trinajstić information content (AvgIpc) is 3.19. The number of fused-ring (bicyclic) bond motifs is 2. The van der Waals surface area contributed by atoms with Gasteiger partial charge in [-0.05, 0) is 30.0 Å². The molecule has 1 unspecified atom stereocenters. The molecule has 8 heteroatoms. The quantitative estimate of drug-likeness (QED) is 0.485. The van der Waals surface area contributed by atoms with Crippen molar-refractivity contribution >= 4 is 76.1 Å². The van der Waals surface area contributed by atoms with Gasteiger partial charge < -0.3 is 15.5 Å². The van der Waals surface area contributed by atoms with Gasteiger partial charge in [-0.15, -0.1) is 0 Å². The summed E-state index contributed by atoms with van der Waals surface area (Å²) in [7, 11) is 0. The van der Waals surface area contributed by atoms with Crippen molar-refractivity contribution in [2.24, 2.45) is 0 Å². The number of rotatable bonds is 1. The molecule has 0 aliphatic carbocycles. The Balaban J connectivity index is 0.000000204. The Labute approximate surface area is 207 Å². The van der Waals surface area contributed by atoms with Gasteiger partial charge >= 0.3 is 59.1 Å². The van der Waals surface area contributed by atoms with Gasteiger partial charge in [-0.2, -0.15) is 0 Å². The van der Waals surface area contributed by atoms with Crippen LogP contribution in [-0.2, 0) is 6.42 Å². The first kappa shape index (κ1) is 22.9. The molecule has 4 aromatic rings. The SMILES string of the molecule is Nc1ncnc2[nH]cnc12.[NaH].[NaH].c1ccc(C2CCc3ccccc3O2)cc1. The minimum atomic E-state index is 0. The van der Waals surface area contributed by atoms with Crippen molar-refractivity contribution in [3.63, 3.8) is 0 Å². The first-order chi connectivity index (χ1) is 12.8. The molecule has 1 aliphatic heterocycles. The van der Waals surface area contributed by atoms with E-state index in [-0.39, 0.29) is 65.2 Å². The predicted molar refractivity (Wildman–Crippen MR) is 115 cm³/mol. The van der Waals surface area contributed by atoms with Crippen LogP contribution in [0.15, 0.2) is 67.3 Å². The molecule has 2 aromatic heterocycles. The second-order valence-electron chi connectivity index (χ2n) is 6.02. The molecule has 1 aliphatic rings. The number of aromatic amines is 1. The average molecular weight is 393 g/mol. The van der Waals surface area contributed by atoms with Crippen molar-refractivity contribution in [3.8, 4) is 5.75 Å². The first-order valence-electron chi connectivity index (χ1n) is 8.50. The molecule has 28 heavy (non-hydrogen) atoms. The second kappa shape index (κ2) is 11.0. The number of nitrogens with one attached hydrogen (secondary N) is 1. The van der Waals surface area contributed by atoms with Gasteiger partial charge in [0.2, 0.25) is 0 Å². The summed E-state index contributed by atoms with van der Waals surface area (Å²) >= 11 is 0. The van der Waals surface area contributed by atoms with E-state index in [1.807, 2.05) is 12.1 Å². The van der Waals surface area contributed by atoms with Gasteiger partial charge in [-0.25, -0.2) is 15.0 Å². The molecule has 3 N–H and O–H groups in total. The minimum absolute atomic E-state index is 0. The third kappa shape index (κ3) is 5.35. The van der Waals surface area contributed by atoms with Crippen LogP contribution in [0.2, 0.25) is 0 Å². The van der Waals surface area contributed by atoms with E-state index in [2.05, 4.69) is 62.4 Å². The van der Waals surface area contributed by atoms with Crippen molar-refractivity contribution in [3.05, 3.63) is 78.4 Å². The van der Waals surface area contributed by atoms with Crippen LogP contribution in [0.25, 0.3) is 11.2 Å². The summed E-state index contributed by atoms with van der Waals surface area (Å²) in [6.45, 7) is 0. The van der Waals surface area contributed by atoms with Gasteiger partial charge in [0.15, 0.2) is 11.5 Å². The monoisotopic (exact) mass is 393 g/mol. The van der Waals surface area contributed by atoms with Crippen molar-refractivity contribution in [1.82, 2.24) is 19.9 Å². The number of H-pyrrole nitrogens is 1. The van der Waals surface area contributed by atoms with Crippen LogP contribution in [0, 0.1) is 0 Å². The van der Waals surface area contributed by atoms with E-state index in [0.29, 0.717) is 17.0 Å². The molecule has 0 amide bonds. The van der Waals surface area contributed by atoms with Gasteiger partial charge in [0.1, 0.15) is 23.7 Å². The largest absolute Gasteiger partial charge is 0.485 e. The summed E-state index contributed by atoms with van der Waals surface area (Å²) in [6, 6.07) is 18.8. The summed E-state index contributed by atoms with van der Waals surface area (Å²) in [5.74, 6) is 1.45. The number of nitrogens with two attached hydrogens (primary N) is 1. The molecule has 0 saturated heterocycles. The van der Waals surface area contributed by atoms with Crippen molar-refractivity contribution in [2.45, 2.75) is 18.9 Å². The summed E-state index contributed by atoms with van der Waals surface area (Å²) in [6.07, 6.45) is 5.33. The Morgan fingerprint density at radius 2 is 1.68 bits per heavy atom. The smallest absolute Gasteiger partial charge is 0.124 e. The van der Waals surface area contributed by atoms with Crippen LogP contribution < -0.4 is 10.5 Å². The third-order valence-electron chi connectivity index (χ3n) is 4.33. The summed E-state index contributed by atoms with van der Waals surface area (Å²) in [5, 5.41) is 0. The number of para-hydroxylation sites is 1. The molecule has 0 bridgehead atoms. The van der Waals surface area contributed by atoms with Gasteiger partial charge in [0.25, 0.3) is 0 Å². The summed E-state index contributed by atoms with van der Waals surface area (Å²) in [4.78, 5) is 14.4. The first-order valence-corrected chi connectivity index (χ1v) is 8.50. The van der Waals surface area contributed by atoms with E-state index < -0.39 is 0 Å². The van der Waals surface area contributed by atoms with Gasteiger partial charge in [0, 0.05) is 0 Å². The normalized spacial score (nSPS) is 14.4. The zero-order valence-electron chi connectivity index (χ0n) is 14.2. The minimum Gasteiger partial charge on any atom is -0.485 e. The van der Waals surface area contributed by atoms with E-state index in [1.165, 1.54) is 23.8 Å². The van der Waals surface area contributed by atoms with E-state index in [4.69, 9.17) is 10.5 Å². The molecular weight excluding hydrogens is 372 g/mol. The fraction of sp³-hybridized carbons (Fsp3) is 0.150. The van der Waals surface area contributed by atoms with E-state index >= 15 is 0 Å². The summed E-state index contributed by atoms with van der Waals surface area (Å²) in [5.41, 5.74) is 9.37. The Bertz CT molecular complexity index is 1010. The number of aryl methyl sites for hydroxylation is 1. The standard InChI is InChI=1S/C15H14O.C5H5N5.2Na.2H/c1-2-6-12(7-3-1)15-11-10-13-8-4-5-9-14(13)16-15;6-4-3-5(9-1-7-3)10-2-8-4;;;;/h1-9,15H,10-11H2;1-2H,(H3,6,7,8,9,10);;;;. The molecule has 2 aromatic carbocycles. The number of hydrogen-bond donors (Lipinski definition) is 2. The van der Waals surface area contributed by atoms with Crippen LogP contribution in [0.3, 0.4) is 0 Å². The Morgan fingerprint density at radius 3 is 2.46 bits per heavy atom. The predicted octanol–water partition coefficient (Wildman–Crippen LogP) is 2.39. The zero-order chi connectivity index (χ0) is 17.8. The van der Waals surface area contributed by atoms with Crippen molar-refractivity contribution < 1.29 is 4.74 Å². The maximum absolute atomic E-state index is 6.02. The number of anilines is 1. The maximum atomic E-state index is 6.02. The number of benzene rings is 2. The Hall–Kier alpha value is -1.41. The molecular formula is C20H21N5Na2O. The number of ether oxygens (including phenoxy) is 1. The summed E-state index contributed by atoms with van der Waals surface area (Å²) < 4.78 is 6.02. The second-order valence-corrected chi connectivity index (χ2v) is 6.02. The fourth-order valence-electron chi connectivity index (χ4n) is 3.01. The molecule has 0 radical (unpaired) electrons. The van der Waals surface area contributed by atoms with E-state index in [9.17, 15) is 0 Å². The number of hydrogen-bond acceptors (Lipinski definition) is 5. The van der Waals surface area contributed by atoms with Crippen molar-refractivity contribution in [1.29, 1.82) is 0 Å². The molecule has 5 rings (SSSR count). The van der Waals surface area contributed by atoms with E-state index in [0.717, 1.165) is 18.6 Å². The molecule has 134 valence electrons. The zero-order valence-corrected chi connectivity index (χ0v) is 14.2. The van der Waals surface area contributed by atoms with Crippen LogP contribution in [0.1, 0.15) is 23.7 Å². The van der Waals surface area contributed by atoms with Crippen LogP contribution in [-0.4, -0.2) is 79.1 Å². The number of imidazole rings is 1. The van der Waals surface area contributed by atoms with Crippen LogP contribution >= 0.6 is 0 Å². The molecule has 3 heterocycles. The third-order valence-corrected chi connectivity index (χ3v) is 4.33. The molecule has 0 fully saturated rings. The fourth-order valence-corrected chi connectivity index (χ4v) is 3.01.